The molecule has 0 aromatic carbocycles. The van der Waals surface area contributed by atoms with E-state index in [9.17, 15) is 0 Å². The van der Waals surface area contributed by atoms with Crippen LogP contribution in [0.25, 0.3) is 17.0 Å². The second-order valence-electron chi connectivity index (χ2n) is 3.69. The molecule has 78 valence electrons. The molecule has 16 heavy (non-hydrogen) atoms. The van der Waals surface area contributed by atoms with Gasteiger partial charge in [0.15, 0.2) is 11.5 Å². The molecular formula is C12H10N4. The molecule has 0 radical (unpaired) electrons. The number of fused-ring (bicyclic) bond motifs is 1. The van der Waals surface area contributed by atoms with Crippen LogP contribution in [0.5, 0.6) is 0 Å². The Balaban J connectivity index is 2.26. The van der Waals surface area contributed by atoms with Gasteiger partial charge in [0.05, 0.1) is 0 Å². The first-order valence-corrected chi connectivity index (χ1v) is 5.06. The third-order valence-corrected chi connectivity index (χ3v) is 2.50. The average molecular weight is 210 g/mol. The maximum absolute atomic E-state index is 4.19. The Morgan fingerprint density at radius 3 is 2.69 bits per heavy atom. The van der Waals surface area contributed by atoms with E-state index in [2.05, 4.69) is 15.2 Å². The van der Waals surface area contributed by atoms with Crippen LogP contribution in [-0.4, -0.2) is 19.6 Å². The lowest BCUT2D eigenvalue weighted by atomic mass is 10.2. The lowest BCUT2D eigenvalue weighted by molar-refractivity contribution is 1.11. The van der Waals surface area contributed by atoms with E-state index in [0.717, 1.165) is 17.0 Å². The van der Waals surface area contributed by atoms with Crippen molar-refractivity contribution in [2.24, 2.45) is 0 Å². The van der Waals surface area contributed by atoms with Crippen LogP contribution in [0.3, 0.4) is 0 Å². The first-order valence-electron chi connectivity index (χ1n) is 5.06. The fourth-order valence-electron chi connectivity index (χ4n) is 1.69. The second-order valence-corrected chi connectivity index (χ2v) is 3.69. The molecule has 0 amide bonds. The van der Waals surface area contributed by atoms with E-state index >= 15 is 0 Å². The highest BCUT2D eigenvalue weighted by molar-refractivity contribution is 5.58. The Bertz CT molecular complexity index is 628. The van der Waals surface area contributed by atoms with E-state index in [1.54, 1.807) is 12.4 Å². The molecule has 0 fully saturated rings. The first kappa shape index (κ1) is 9.03. The van der Waals surface area contributed by atoms with Crippen LogP contribution in [-0.2, 0) is 0 Å². The maximum Gasteiger partial charge on any atom is 0.168 e. The van der Waals surface area contributed by atoms with Gasteiger partial charge in [-0.15, -0.1) is 10.2 Å². The van der Waals surface area contributed by atoms with Crippen molar-refractivity contribution in [3.63, 3.8) is 0 Å². The zero-order chi connectivity index (χ0) is 11.0. The summed E-state index contributed by atoms with van der Waals surface area (Å²) in [6, 6.07) is 7.91. The lowest BCUT2D eigenvalue weighted by Gasteiger charge is -1.99. The minimum absolute atomic E-state index is 0.845. The van der Waals surface area contributed by atoms with E-state index in [0.29, 0.717) is 0 Å². The summed E-state index contributed by atoms with van der Waals surface area (Å²) in [4.78, 5) is 3.99. The summed E-state index contributed by atoms with van der Waals surface area (Å²) in [6.07, 6.45) is 5.50. The molecule has 0 saturated carbocycles. The molecule has 0 N–H and O–H groups in total. The van der Waals surface area contributed by atoms with Crippen LogP contribution in [0.15, 0.2) is 42.9 Å². The summed E-state index contributed by atoms with van der Waals surface area (Å²) in [6.45, 7) is 2.04. The van der Waals surface area contributed by atoms with E-state index in [1.807, 2.05) is 41.8 Å². The van der Waals surface area contributed by atoms with Gasteiger partial charge in [-0.25, -0.2) is 0 Å². The molecule has 0 aliphatic carbocycles. The van der Waals surface area contributed by atoms with E-state index in [-0.39, 0.29) is 0 Å². The first-order chi connectivity index (χ1) is 7.84. The van der Waals surface area contributed by atoms with Crippen molar-refractivity contribution >= 4 is 5.65 Å². The molecule has 0 aliphatic heterocycles. The second kappa shape index (κ2) is 3.41. The number of rotatable bonds is 1. The van der Waals surface area contributed by atoms with Crippen LogP contribution in [0, 0.1) is 6.92 Å². The average Bonchev–Trinajstić information content (AvgIpc) is 2.73. The Morgan fingerprint density at radius 2 is 1.88 bits per heavy atom. The van der Waals surface area contributed by atoms with Gasteiger partial charge < -0.3 is 0 Å². The predicted molar refractivity (Wildman–Crippen MR) is 61.0 cm³/mol. The van der Waals surface area contributed by atoms with Gasteiger partial charge in [-0.2, -0.15) is 0 Å². The van der Waals surface area contributed by atoms with Crippen molar-refractivity contribution in [1.82, 2.24) is 19.6 Å². The van der Waals surface area contributed by atoms with Gasteiger partial charge in [0.2, 0.25) is 0 Å². The fraction of sp³-hybridized carbons (Fsp3) is 0.0833. The summed E-state index contributed by atoms with van der Waals surface area (Å²) in [5, 5.41) is 8.34. The fourth-order valence-corrected chi connectivity index (χ4v) is 1.69. The van der Waals surface area contributed by atoms with Gasteiger partial charge in [0.1, 0.15) is 0 Å². The standard InChI is InChI=1S/C12H10N4/c1-9-4-7-16-11(8-9)14-15-12(16)10-2-5-13-6-3-10/h2-8H,1H3. The van der Waals surface area contributed by atoms with Crippen molar-refractivity contribution in [3.8, 4) is 11.4 Å². The molecule has 0 aliphatic rings. The minimum Gasteiger partial charge on any atom is -0.282 e. The summed E-state index contributed by atoms with van der Waals surface area (Å²) in [5.74, 6) is 0.845. The van der Waals surface area contributed by atoms with Gasteiger partial charge in [-0.3, -0.25) is 9.38 Å². The number of hydrogen-bond acceptors (Lipinski definition) is 3. The molecule has 0 spiro atoms. The van der Waals surface area contributed by atoms with Gasteiger partial charge in [-0.1, -0.05) is 0 Å². The lowest BCUT2D eigenvalue weighted by Crippen LogP contribution is -1.89. The van der Waals surface area contributed by atoms with E-state index < -0.39 is 0 Å². The molecule has 4 heteroatoms. The molecule has 3 aromatic heterocycles. The van der Waals surface area contributed by atoms with E-state index in [4.69, 9.17) is 0 Å². The summed E-state index contributed by atoms with van der Waals surface area (Å²) >= 11 is 0. The normalized spacial score (nSPS) is 10.8. The number of nitrogens with zero attached hydrogens (tertiary/aromatic N) is 4. The van der Waals surface area contributed by atoms with Crippen molar-refractivity contribution < 1.29 is 0 Å². The Morgan fingerprint density at radius 1 is 1.06 bits per heavy atom. The molecule has 0 atom stereocenters. The van der Waals surface area contributed by atoms with Crippen LogP contribution in [0.2, 0.25) is 0 Å². The number of hydrogen-bond donors (Lipinski definition) is 0. The molecule has 3 heterocycles. The van der Waals surface area contributed by atoms with Gasteiger partial charge >= 0.3 is 0 Å². The predicted octanol–water partition coefficient (Wildman–Crippen LogP) is 2.10. The Labute approximate surface area is 92.6 Å². The third kappa shape index (κ3) is 1.35. The smallest absolute Gasteiger partial charge is 0.168 e. The minimum atomic E-state index is 0.845. The Hall–Kier alpha value is -2.23. The van der Waals surface area contributed by atoms with E-state index in [1.165, 1.54) is 5.56 Å². The largest absolute Gasteiger partial charge is 0.282 e. The van der Waals surface area contributed by atoms with Crippen molar-refractivity contribution in [2.75, 3.05) is 0 Å². The highest BCUT2D eigenvalue weighted by Gasteiger charge is 2.06. The topological polar surface area (TPSA) is 43.1 Å². The van der Waals surface area contributed by atoms with Crippen molar-refractivity contribution in [3.05, 3.63) is 48.4 Å². The van der Waals surface area contributed by atoms with Crippen LogP contribution < -0.4 is 0 Å². The van der Waals surface area contributed by atoms with Crippen LogP contribution >= 0.6 is 0 Å². The molecule has 3 rings (SSSR count). The van der Waals surface area contributed by atoms with Crippen LogP contribution in [0.1, 0.15) is 5.56 Å². The zero-order valence-corrected chi connectivity index (χ0v) is 8.83. The molecule has 4 nitrogen and oxygen atoms in total. The molecule has 0 saturated heterocycles. The van der Waals surface area contributed by atoms with Gasteiger partial charge in [0, 0.05) is 24.2 Å². The molecule has 0 bridgehead atoms. The van der Waals surface area contributed by atoms with Crippen molar-refractivity contribution in [2.45, 2.75) is 6.92 Å². The molecule has 0 unspecified atom stereocenters. The Kier molecular flexibility index (Phi) is 1.93. The highest BCUT2D eigenvalue weighted by Crippen LogP contribution is 2.17. The number of aromatic nitrogens is 4. The van der Waals surface area contributed by atoms with Crippen molar-refractivity contribution in [1.29, 1.82) is 0 Å². The van der Waals surface area contributed by atoms with Crippen LogP contribution in [0.4, 0.5) is 0 Å². The number of aryl methyl sites for hydroxylation is 1. The van der Waals surface area contributed by atoms with Gasteiger partial charge in [0.25, 0.3) is 0 Å². The summed E-state index contributed by atoms with van der Waals surface area (Å²) < 4.78 is 1.97. The maximum atomic E-state index is 4.19. The summed E-state index contributed by atoms with van der Waals surface area (Å²) in [7, 11) is 0. The zero-order valence-electron chi connectivity index (χ0n) is 8.83. The highest BCUT2D eigenvalue weighted by atomic mass is 15.2. The van der Waals surface area contributed by atoms with Gasteiger partial charge in [-0.05, 0) is 36.8 Å². The SMILES string of the molecule is Cc1ccn2c(-c3ccncc3)nnc2c1. The quantitative estimate of drug-likeness (QED) is 0.617. The summed E-state index contributed by atoms with van der Waals surface area (Å²) in [5.41, 5.74) is 3.07. The number of pyridine rings is 2. The molecular weight excluding hydrogens is 200 g/mol. The molecule has 3 aromatic rings. The third-order valence-electron chi connectivity index (χ3n) is 2.50. The monoisotopic (exact) mass is 210 g/mol.